The summed E-state index contributed by atoms with van der Waals surface area (Å²) in [5, 5.41) is 0. The topological polar surface area (TPSA) is 69.3 Å². The van der Waals surface area contributed by atoms with E-state index in [-0.39, 0.29) is 0 Å². The van der Waals surface area contributed by atoms with Gasteiger partial charge in [-0.1, -0.05) is 0 Å². The Kier molecular flexibility index (Phi) is 4.38. The van der Waals surface area contributed by atoms with Gasteiger partial charge in [-0.3, -0.25) is 4.98 Å². The Morgan fingerprint density at radius 2 is 1.59 bits per heavy atom. The Morgan fingerprint density at radius 1 is 0.852 bits per heavy atom. The van der Waals surface area contributed by atoms with Crippen molar-refractivity contribution in [1.82, 2.24) is 15.0 Å². The van der Waals surface area contributed by atoms with Crippen LogP contribution in [0.25, 0.3) is 33.7 Å². The number of methoxy groups -OCH3 is 3. The van der Waals surface area contributed by atoms with Gasteiger partial charge in [0.1, 0.15) is 11.6 Å². The van der Waals surface area contributed by atoms with Crippen molar-refractivity contribution in [2.24, 2.45) is 0 Å². The lowest BCUT2D eigenvalue weighted by Gasteiger charge is -2.07. The van der Waals surface area contributed by atoms with Gasteiger partial charge in [-0.05, 0) is 36.4 Å². The summed E-state index contributed by atoms with van der Waals surface area (Å²) in [5.41, 5.74) is 4.41. The van der Waals surface area contributed by atoms with Gasteiger partial charge in [0, 0.05) is 29.5 Å². The number of fused-ring (bicyclic) bond motifs is 1. The third kappa shape index (κ3) is 3.06. The fraction of sp³-hybridized carbons (Fsp3) is 0.143. The fourth-order valence-electron chi connectivity index (χ4n) is 3.04. The molecule has 0 amide bonds. The molecule has 0 radical (unpaired) electrons. The number of ether oxygens (including phenoxy) is 3. The van der Waals surface area contributed by atoms with Crippen LogP contribution in [0.2, 0.25) is 0 Å². The van der Waals surface area contributed by atoms with E-state index in [0.29, 0.717) is 11.5 Å². The van der Waals surface area contributed by atoms with Crippen LogP contribution < -0.4 is 14.2 Å². The van der Waals surface area contributed by atoms with Crippen LogP contribution in [0.5, 0.6) is 17.2 Å². The normalized spacial score (nSPS) is 10.8. The van der Waals surface area contributed by atoms with E-state index in [0.717, 1.165) is 39.4 Å². The van der Waals surface area contributed by atoms with Crippen molar-refractivity contribution >= 4 is 11.0 Å². The van der Waals surface area contributed by atoms with Crippen LogP contribution in [0.4, 0.5) is 0 Å². The molecule has 0 bridgehead atoms. The average Bonchev–Trinajstić information content (AvgIpc) is 3.15. The molecule has 4 rings (SSSR count). The standard InChI is InChI=1S/C21H19N3O3/c1-25-14-8-6-13(7-9-14)20-15(5-4-10-22-20)21-23-16-11-18(26-2)19(27-3)12-17(16)24-21/h4-12H,1-3H3,(H,23,24). The predicted octanol–water partition coefficient (Wildman–Crippen LogP) is 4.32. The molecule has 0 aliphatic carbocycles. The van der Waals surface area contributed by atoms with Gasteiger partial charge >= 0.3 is 0 Å². The van der Waals surface area contributed by atoms with Gasteiger partial charge in [-0.15, -0.1) is 0 Å². The minimum Gasteiger partial charge on any atom is -0.497 e. The first kappa shape index (κ1) is 16.9. The van der Waals surface area contributed by atoms with Crippen molar-refractivity contribution in [2.45, 2.75) is 0 Å². The number of H-pyrrole nitrogens is 1. The smallest absolute Gasteiger partial charge is 0.163 e. The van der Waals surface area contributed by atoms with Crippen molar-refractivity contribution in [3.05, 3.63) is 54.7 Å². The zero-order valence-corrected chi connectivity index (χ0v) is 15.3. The summed E-state index contributed by atoms with van der Waals surface area (Å²) in [5.74, 6) is 2.84. The van der Waals surface area contributed by atoms with Crippen molar-refractivity contribution in [3.8, 4) is 39.9 Å². The molecule has 0 aliphatic heterocycles. The van der Waals surface area contributed by atoms with E-state index in [9.17, 15) is 0 Å². The maximum absolute atomic E-state index is 5.38. The van der Waals surface area contributed by atoms with Crippen LogP contribution in [0.3, 0.4) is 0 Å². The molecule has 0 fully saturated rings. The average molecular weight is 361 g/mol. The van der Waals surface area contributed by atoms with Crippen LogP contribution in [-0.2, 0) is 0 Å². The molecule has 27 heavy (non-hydrogen) atoms. The van der Waals surface area contributed by atoms with Gasteiger partial charge in [0.25, 0.3) is 0 Å². The largest absolute Gasteiger partial charge is 0.497 e. The summed E-state index contributed by atoms with van der Waals surface area (Å²) in [6.45, 7) is 0. The van der Waals surface area contributed by atoms with E-state index < -0.39 is 0 Å². The zero-order valence-electron chi connectivity index (χ0n) is 15.3. The highest BCUT2D eigenvalue weighted by molar-refractivity contribution is 5.86. The monoisotopic (exact) mass is 361 g/mol. The number of nitrogens with zero attached hydrogens (tertiary/aromatic N) is 2. The Bertz CT molecular complexity index is 1050. The van der Waals surface area contributed by atoms with E-state index >= 15 is 0 Å². The number of hydrogen-bond donors (Lipinski definition) is 1. The summed E-state index contributed by atoms with van der Waals surface area (Å²) < 4.78 is 16.0. The molecule has 4 aromatic rings. The van der Waals surface area contributed by atoms with E-state index in [1.807, 2.05) is 48.5 Å². The molecule has 1 N–H and O–H groups in total. The van der Waals surface area contributed by atoms with Crippen LogP contribution in [0.1, 0.15) is 0 Å². The zero-order chi connectivity index (χ0) is 18.8. The molecule has 0 atom stereocenters. The Morgan fingerprint density at radius 3 is 2.30 bits per heavy atom. The maximum atomic E-state index is 5.38. The molecule has 2 aromatic carbocycles. The highest BCUT2D eigenvalue weighted by atomic mass is 16.5. The first-order chi connectivity index (χ1) is 13.2. The first-order valence-electron chi connectivity index (χ1n) is 8.45. The lowest BCUT2D eigenvalue weighted by Crippen LogP contribution is -1.90. The van der Waals surface area contributed by atoms with Gasteiger partial charge in [0.2, 0.25) is 0 Å². The number of imidazole rings is 1. The van der Waals surface area contributed by atoms with E-state index in [1.165, 1.54) is 0 Å². The molecule has 0 unspecified atom stereocenters. The molecule has 2 heterocycles. The molecule has 0 spiro atoms. The maximum Gasteiger partial charge on any atom is 0.163 e. The summed E-state index contributed by atoms with van der Waals surface area (Å²) >= 11 is 0. The number of aromatic nitrogens is 3. The third-order valence-electron chi connectivity index (χ3n) is 4.41. The van der Waals surface area contributed by atoms with Crippen molar-refractivity contribution in [2.75, 3.05) is 21.3 Å². The number of benzene rings is 2. The second kappa shape index (κ2) is 6.99. The number of pyridine rings is 1. The van der Waals surface area contributed by atoms with Gasteiger partial charge in [-0.25, -0.2) is 4.98 Å². The van der Waals surface area contributed by atoms with E-state index in [2.05, 4.69) is 9.97 Å². The lowest BCUT2D eigenvalue weighted by molar-refractivity contribution is 0.356. The number of hydrogen-bond acceptors (Lipinski definition) is 5. The highest BCUT2D eigenvalue weighted by Gasteiger charge is 2.15. The summed E-state index contributed by atoms with van der Waals surface area (Å²) in [6.07, 6.45) is 1.78. The summed E-state index contributed by atoms with van der Waals surface area (Å²) in [6, 6.07) is 15.4. The first-order valence-corrected chi connectivity index (χ1v) is 8.45. The van der Waals surface area contributed by atoms with Gasteiger partial charge in [0.05, 0.1) is 38.1 Å². The predicted molar refractivity (Wildman–Crippen MR) is 104 cm³/mol. The number of nitrogens with one attached hydrogen (secondary N) is 1. The molecule has 0 saturated carbocycles. The SMILES string of the molecule is COc1ccc(-c2ncccc2-c2nc3cc(OC)c(OC)cc3[nH]2)cc1. The molecular weight excluding hydrogens is 342 g/mol. The number of rotatable bonds is 5. The Hall–Kier alpha value is -3.54. The van der Waals surface area contributed by atoms with Crippen molar-refractivity contribution in [1.29, 1.82) is 0 Å². The van der Waals surface area contributed by atoms with Crippen LogP contribution in [0.15, 0.2) is 54.7 Å². The lowest BCUT2D eigenvalue weighted by atomic mass is 10.1. The van der Waals surface area contributed by atoms with Crippen LogP contribution in [-0.4, -0.2) is 36.3 Å². The molecule has 6 nitrogen and oxygen atoms in total. The molecule has 2 aromatic heterocycles. The second-order valence-electron chi connectivity index (χ2n) is 5.94. The number of aromatic amines is 1. The van der Waals surface area contributed by atoms with Crippen molar-refractivity contribution in [3.63, 3.8) is 0 Å². The molecule has 136 valence electrons. The Balaban J connectivity index is 1.84. The molecule has 6 heteroatoms. The third-order valence-corrected chi connectivity index (χ3v) is 4.41. The quantitative estimate of drug-likeness (QED) is 0.573. The van der Waals surface area contributed by atoms with Crippen LogP contribution >= 0.6 is 0 Å². The van der Waals surface area contributed by atoms with E-state index in [1.54, 1.807) is 27.5 Å². The van der Waals surface area contributed by atoms with E-state index in [4.69, 9.17) is 19.2 Å². The highest BCUT2D eigenvalue weighted by Crippen LogP contribution is 2.34. The fourth-order valence-corrected chi connectivity index (χ4v) is 3.04. The minimum atomic E-state index is 0.643. The summed E-state index contributed by atoms with van der Waals surface area (Å²) in [7, 11) is 4.88. The van der Waals surface area contributed by atoms with Crippen LogP contribution in [0, 0.1) is 0 Å². The Labute approximate surface area is 156 Å². The summed E-state index contributed by atoms with van der Waals surface area (Å²) in [4.78, 5) is 12.7. The van der Waals surface area contributed by atoms with Gasteiger partial charge < -0.3 is 19.2 Å². The van der Waals surface area contributed by atoms with Crippen molar-refractivity contribution < 1.29 is 14.2 Å². The molecule has 0 saturated heterocycles. The molecule has 0 aliphatic rings. The van der Waals surface area contributed by atoms with Gasteiger partial charge in [-0.2, -0.15) is 0 Å². The van der Waals surface area contributed by atoms with Gasteiger partial charge in [0.15, 0.2) is 11.5 Å². The minimum absolute atomic E-state index is 0.643. The molecular formula is C21H19N3O3. The second-order valence-corrected chi connectivity index (χ2v) is 5.94.